The van der Waals surface area contributed by atoms with Gasteiger partial charge in [-0.3, -0.25) is 0 Å². The standard InChI is InChI=1S/C17H30O13/c1-4-7(18)10(21)13(24)16(27-4)30-14-11(22)8(19)5(2)28-17(14)26-3-6-9(20)12(23)15(25)29-6/h4-25H,3H2,1-2H3/t4-,5-,6-,7-,8-,9-,10+,11+,12+,13+,14+,15-,16-,17+/m0/s1. The van der Waals surface area contributed by atoms with E-state index in [9.17, 15) is 40.9 Å². The third-order valence-electron chi connectivity index (χ3n) is 5.65. The fourth-order valence-corrected chi connectivity index (χ4v) is 3.62. The quantitative estimate of drug-likeness (QED) is 0.201. The van der Waals surface area contributed by atoms with Crippen LogP contribution in [0.25, 0.3) is 0 Å². The molecule has 0 spiro atoms. The molecule has 3 fully saturated rings. The van der Waals surface area contributed by atoms with Gasteiger partial charge in [-0.25, -0.2) is 0 Å². The van der Waals surface area contributed by atoms with Crippen molar-refractivity contribution in [1.82, 2.24) is 0 Å². The van der Waals surface area contributed by atoms with E-state index in [0.29, 0.717) is 0 Å². The van der Waals surface area contributed by atoms with Crippen LogP contribution in [0.1, 0.15) is 13.8 Å². The fourth-order valence-electron chi connectivity index (χ4n) is 3.62. The van der Waals surface area contributed by atoms with Crippen molar-refractivity contribution in [2.45, 2.75) is 99.9 Å². The lowest BCUT2D eigenvalue weighted by molar-refractivity contribution is -0.363. The first kappa shape index (κ1) is 24.1. The molecule has 8 N–H and O–H groups in total. The molecular formula is C17H30O13. The zero-order valence-electron chi connectivity index (χ0n) is 16.4. The van der Waals surface area contributed by atoms with Crippen molar-refractivity contribution in [1.29, 1.82) is 0 Å². The predicted octanol–water partition coefficient (Wildman–Crippen LogP) is -4.88. The van der Waals surface area contributed by atoms with Crippen LogP contribution in [-0.2, 0) is 23.7 Å². The van der Waals surface area contributed by atoms with Crippen molar-refractivity contribution in [2.75, 3.05) is 6.61 Å². The Morgan fingerprint density at radius 2 is 1.17 bits per heavy atom. The van der Waals surface area contributed by atoms with Gasteiger partial charge in [-0.1, -0.05) is 0 Å². The molecule has 13 nitrogen and oxygen atoms in total. The summed E-state index contributed by atoms with van der Waals surface area (Å²) in [4.78, 5) is 0. The molecule has 176 valence electrons. The van der Waals surface area contributed by atoms with Gasteiger partial charge in [0.2, 0.25) is 0 Å². The summed E-state index contributed by atoms with van der Waals surface area (Å²) in [5.74, 6) is 0. The lowest BCUT2D eigenvalue weighted by Gasteiger charge is -2.45. The summed E-state index contributed by atoms with van der Waals surface area (Å²) in [5.41, 5.74) is 0. The molecule has 3 heterocycles. The van der Waals surface area contributed by atoms with Crippen LogP contribution in [0.3, 0.4) is 0 Å². The monoisotopic (exact) mass is 442 g/mol. The summed E-state index contributed by atoms with van der Waals surface area (Å²) in [6.45, 7) is 2.55. The minimum Gasteiger partial charge on any atom is -0.388 e. The van der Waals surface area contributed by atoms with Gasteiger partial charge in [0.1, 0.15) is 54.9 Å². The van der Waals surface area contributed by atoms with Gasteiger partial charge in [-0.05, 0) is 13.8 Å². The SMILES string of the molecule is C[C@@H]1O[C@@H](O[C@H]2[C@H](OC[C@@H]3O[C@H](O)[C@H](O)[C@H]3O)O[C@@H](C)[C@H](O)[C@H]2O)[C@H](O)[C@H](O)[C@H]1O. The number of rotatable bonds is 5. The Kier molecular flexibility index (Phi) is 7.67. The Balaban J connectivity index is 1.69. The molecule has 3 aliphatic rings. The van der Waals surface area contributed by atoms with Gasteiger partial charge in [0.05, 0.1) is 18.8 Å². The number of aliphatic hydroxyl groups is 8. The van der Waals surface area contributed by atoms with Gasteiger partial charge in [-0.15, -0.1) is 0 Å². The summed E-state index contributed by atoms with van der Waals surface area (Å²) in [7, 11) is 0. The van der Waals surface area contributed by atoms with Gasteiger partial charge in [0, 0.05) is 0 Å². The summed E-state index contributed by atoms with van der Waals surface area (Å²) >= 11 is 0. The molecule has 3 saturated heterocycles. The maximum absolute atomic E-state index is 10.5. The molecule has 0 aromatic carbocycles. The Hall–Kier alpha value is -0.520. The molecule has 0 radical (unpaired) electrons. The number of hydrogen-bond acceptors (Lipinski definition) is 13. The molecule has 0 unspecified atom stereocenters. The minimum atomic E-state index is -1.66. The number of ether oxygens (including phenoxy) is 5. The fraction of sp³-hybridized carbons (Fsp3) is 1.00. The van der Waals surface area contributed by atoms with Gasteiger partial charge < -0.3 is 64.5 Å². The van der Waals surface area contributed by atoms with E-state index in [4.69, 9.17) is 23.7 Å². The van der Waals surface area contributed by atoms with E-state index >= 15 is 0 Å². The van der Waals surface area contributed by atoms with Crippen LogP contribution in [0.5, 0.6) is 0 Å². The molecule has 0 aliphatic carbocycles. The molecule has 3 aliphatic heterocycles. The number of aliphatic hydroxyl groups excluding tert-OH is 8. The van der Waals surface area contributed by atoms with E-state index in [1.807, 2.05) is 0 Å². The topological polar surface area (TPSA) is 208 Å². The van der Waals surface area contributed by atoms with Crippen LogP contribution < -0.4 is 0 Å². The molecule has 0 bridgehead atoms. The second kappa shape index (κ2) is 9.54. The Morgan fingerprint density at radius 1 is 0.600 bits per heavy atom. The Labute approximate surface area is 171 Å². The highest BCUT2D eigenvalue weighted by atomic mass is 16.8. The second-order valence-electron chi connectivity index (χ2n) is 7.85. The lowest BCUT2D eigenvalue weighted by atomic mass is 9.98. The molecule has 14 atom stereocenters. The zero-order chi connectivity index (χ0) is 22.3. The van der Waals surface area contributed by atoms with E-state index in [1.54, 1.807) is 0 Å². The van der Waals surface area contributed by atoms with Crippen molar-refractivity contribution in [3.63, 3.8) is 0 Å². The van der Waals surface area contributed by atoms with E-state index in [2.05, 4.69) is 0 Å². The molecule has 0 aromatic rings. The summed E-state index contributed by atoms with van der Waals surface area (Å²) in [6, 6.07) is 0. The molecular weight excluding hydrogens is 412 g/mol. The zero-order valence-corrected chi connectivity index (χ0v) is 16.4. The molecule has 0 amide bonds. The van der Waals surface area contributed by atoms with Crippen LogP contribution in [0.4, 0.5) is 0 Å². The van der Waals surface area contributed by atoms with Gasteiger partial charge in [0.15, 0.2) is 18.9 Å². The molecule has 0 saturated carbocycles. The van der Waals surface area contributed by atoms with Gasteiger partial charge >= 0.3 is 0 Å². The first-order valence-corrected chi connectivity index (χ1v) is 9.71. The molecule has 13 heteroatoms. The predicted molar refractivity (Wildman–Crippen MR) is 92.4 cm³/mol. The van der Waals surface area contributed by atoms with Crippen molar-refractivity contribution in [3.8, 4) is 0 Å². The van der Waals surface area contributed by atoms with Crippen molar-refractivity contribution in [2.24, 2.45) is 0 Å². The molecule has 30 heavy (non-hydrogen) atoms. The van der Waals surface area contributed by atoms with Gasteiger partial charge in [-0.2, -0.15) is 0 Å². The van der Waals surface area contributed by atoms with E-state index < -0.39 is 86.0 Å². The largest absolute Gasteiger partial charge is 0.388 e. The smallest absolute Gasteiger partial charge is 0.187 e. The first-order valence-electron chi connectivity index (χ1n) is 9.71. The van der Waals surface area contributed by atoms with Crippen LogP contribution >= 0.6 is 0 Å². The Bertz CT molecular complexity index is 566. The van der Waals surface area contributed by atoms with E-state index in [1.165, 1.54) is 13.8 Å². The first-order chi connectivity index (χ1) is 14.0. The molecule has 3 rings (SSSR count). The minimum absolute atomic E-state index is 0.374. The second-order valence-corrected chi connectivity index (χ2v) is 7.85. The third-order valence-corrected chi connectivity index (χ3v) is 5.65. The number of hydrogen-bond donors (Lipinski definition) is 8. The van der Waals surface area contributed by atoms with Crippen LogP contribution in [0.2, 0.25) is 0 Å². The summed E-state index contributed by atoms with van der Waals surface area (Å²) in [6.07, 6.45) is -19.2. The highest BCUT2D eigenvalue weighted by Gasteiger charge is 2.50. The van der Waals surface area contributed by atoms with Crippen LogP contribution in [0, 0.1) is 0 Å². The maximum atomic E-state index is 10.5. The van der Waals surface area contributed by atoms with Crippen LogP contribution in [-0.4, -0.2) is 133 Å². The third kappa shape index (κ3) is 4.63. The Morgan fingerprint density at radius 3 is 1.73 bits per heavy atom. The average molecular weight is 442 g/mol. The maximum Gasteiger partial charge on any atom is 0.187 e. The van der Waals surface area contributed by atoms with E-state index in [-0.39, 0.29) is 6.61 Å². The summed E-state index contributed by atoms with van der Waals surface area (Å²) < 4.78 is 26.9. The highest BCUT2D eigenvalue weighted by molar-refractivity contribution is 4.93. The van der Waals surface area contributed by atoms with Crippen molar-refractivity contribution >= 4 is 0 Å². The highest BCUT2D eigenvalue weighted by Crippen LogP contribution is 2.30. The van der Waals surface area contributed by atoms with Gasteiger partial charge in [0.25, 0.3) is 0 Å². The summed E-state index contributed by atoms with van der Waals surface area (Å²) in [5, 5.41) is 79.4. The van der Waals surface area contributed by atoms with Crippen LogP contribution in [0.15, 0.2) is 0 Å². The van der Waals surface area contributed by atoms with Crippen molar-refractivity contribution < 1.29 is 64.5 Å². The van der Waals surface area contributed by atoms with E-state index in [0.717, 1.165) is 0 Å². The normalized spacial score (nSPS) is 55.0. The average Bonchev–Trinajstić information content (AvgIpc) is 2.95. The van der Waals surface area contributed by atoms with Crippen molar-refractivity contribution in [3.05, 3.63) is 0 Å². The molecule has 0 aromatic heterocycles. The lowest BCUT2D eigenvalue weighted by Crippen LogP contribution is -2.63.